The van der Waals surface area contributed by atoms with Crippen LogP contribution in [0.4, 0.5) is 5.69 Å². The lowest BCUT2D eigenvalue weighted by Gasteiger charge is -2.23. The Morgan fingerprint density at radius 1 is 1.15 bits per heavy atom. The number of nitrogens with one attached hydrogen (secondary N) is 1. The predicted molar refractivity (Wildman–Crippen MR) is 74.8 cm³/mol. The van der Waals surface area contributed by atoms with E-state index >= 15 is 0 Å². The zero-order chi connectivity index (χ0) is 15.0. The molecule has 0 amide bonds. The van der Waals surface area contributed by atoms with E-state index in [4.69, 9.17) is 14.2 Å². The predicted octanol–water partition coefficient (Wildman–Crippen LogP) is 1.66. The van der Waals surface area contributed by atoms with Crippen LogP contribution in [0, 0.1) is 0 Å². The summed E-state index contributed by atoms with van der Waals surface area (Å²) in [5.74, 6) is 0.187. The molecule has 1 rings (SSSR count). The van der Waals surface area contributed by atoms with E-state index < -0.39 is 5.97 Å². The molecule has 112 valence electrons. The summed E-state index contributed by atoms with van der Waals surface area (Å²) in [6, 6.07) is 7.24. The minimum absolute atomic E-state index is 0.00756. The molecule has 1 unspecified atom stereocenters. The summed E-state index contributed by atoms with van der Waals surface area (Å²) in [7, 11) is 4.51. The first-order valence-electron chi connectivity index (χ1n) is 6.22. The number of benzene rings is 1. The first kappa shape index (κ1) is 16.3. The average Bonchev–Trinajstić information content (AvgIpc) is 2.47. The number of methoxy groups -OCH3 is 3. The Balaban J connectivity index is 2.51. The van der Waals surface area contributed by atoms with Crippen LogP contribution in [0.1, 0.15) is 6.92 Å². The Hall–Kier alpha value is -1.79. The molecule has 0 bridgehead atoms. The number of anilines is 1. The Kier molecular flexibility index (Phi) is 6.83. The van der Waals surface area contributed by atoms with Crippen molar-refractivity contribution in [3.63, 3.8) is 0 Å². The molecule has 1 aromatic carbocycles. The van der Waals surface area contributed by atoms with Crippen LogP contribution in [0.5, 0.6) is 5.75 Å². The third-order valence-electron chi connectivity index (χ3n) is 2.71. The van der Waals surface area contributed by atoms with Crippen LogP contribution in [-0.4, -0.2) is 46.2 Å². The van der Waals surface area contributed by atoms with Gasteiger partial charge in [-0.2, -0.15) is 0 Å². The van der Waals surface area contributed by atoms with E-state index in [1.54, 1.807) is 26.4 Å². The minimum Gasteiger partial charge on any atom is -0.482 e. The molecular formula is C14H21NO5. The minimum atomic E-state index is -0.413. The van der Waals surface area contributed by atoms with Crippen LogP contribution in [-0.2, 0) is 19.0 Å². The highest BCUT2D eigenvalue weighted by atomic mass is 16.7. The van der Waals surface area contributed by atoms with Gasteiger partial charge in [0.2, 0.25) is 0 Å². The molecule has 0 saturated heterocycles. The summed E-state index contributed by atoms with van der Waals surface area (Å²) in [4.78, 5) is 11.0. The first-order valence-corrected chi connectivity index (χ1v) is 6.22. The van der Waals surface area contributed by atoms with Gasteiger partial charge >= 0.3 is 5.97 Å². The van der Waals surface area contributed by atoms with Gasteiger partial charge in [0.1, 0.15) is 5.75 Å². The maximum absolute atomic E-state index is 11.0. The normalized spacial score (nSPS) is 12.1. The van der Waals surface area contributed by atoms with Crippen LogP contribution in [0.2, 0.25) is 0 Å². The van der Waals surface area contributed by atoms with Crippen LogP contribution in [0.15, 0.2) is 24.3 Å². The number of hydrogen-bond donors (Lipinski definition) is 1. The van der Waals surface area contributed by atoms with E-state index in [0.717, 1.165) is 5.69 Å². The monoisotopic (exact) mass is 283 g/mol. The fourth-order valence-electron chi connectivity index (χ4n) is 1.68. The van der Waals surface area contributed by atoms with E-state index in [0.29, 0.717) is 5.75 Å². The van der Waals surface area contributed by atoms with E-state index in [2.05, 4.69) is 10.1 Å². The molecule has 0 radical (unpaired) electrons. The molecule has 0 saturated carbocycles. The Morgan fingerprint density at radius 3 is 2.25 bits per heavy atom. The van der Waals surface area contributed by atoms with Crippen molar-refractivity contribution in [3.8, 4) is 5.75 Å². The highest BCUT2D eigenvalue weighted by Gasteiger charge is 2.15. The first-order chi connectivity index (χ1) is 9.60. The second-order valence-electron chi connectivity index (χ2n) is 4.16. The Morgan fingerprint density at radius 2 is 1.75 bits per heavy atom. The van der Waals surface area contributed by atoms with Gasteiger partial charge in [0.25, 0.3) is 0 Å². The number of ether oxygens (including phenoxy) is 4. The largest absolute Gasteiger partial charge is 0.482 e. The third-order valence-corrected chi connectivity index (χ3v) is 2.71. The van der Waals surface area contributed by atoms with Gasteiger partial charge < -0.3 is 24.3 Å². The summed E-state index contributed by atoms with van der Waals surface area (Å²) in [6.07, 6.45) is -0.328. The van der Waals surface area contributed by atoms with Gasteiger partial charge in [-0.15, -0.1) is 0 Å². The van der Waals surface area contributed by atoms with Crippen molar-refractivity contribution in [2.75, 3.05) is 33.3 Å². The summed E-state index contributed by atoms with van der Waals surface area (Å²) >= 11 is 0. The zero-order valence-electron chi connectivity index (χ0n) is 12.2. The van der Waals surface area contributed by atoms with E-state index in [1.807, 2.05) is 19.1 Å². The molecule has 6 heteroatoms. The molecule has 1 atom stereocenters. The van der Waals surface area contributed by atoms with Crippen molar-refractivity contribution in [2.24, 2.45) is 0 Å². The lowest BCUT2D eigenvalue weighted by atomic mass is 10.2. The topological polar surface area (TPSA) is 66.0 Å². The number of hydrogen-bond acceptors (Lipinski definition) is 6. The molecule has 1 N–H and O–H groups in total. The van der Waals surface area contributed by atoms with E-state index in [-0.39, 0.29) is 18.9 Å². The van der Waals surface area contributed by atoms with Gasteiger partial charge in [0.15, 0.2) is 12.9 Å². The maximum atomic E-state index is 11.0. The lowest BCUT2D eigenvalue weighted by molar-refractivity contribution is -0.142. The molecule has 0 aliphatic carbocycles. The smallest absolute Gasteiger partial charge is 0.343 e. The molecule has 0 heterocycles. The molecule has 20 heavy (non-hydrogen) atoms. The van der Waals surface area contributed by atoms with Crippen LogP contribution in [0.3, 0.4) is 0 Å². The highest BCUT2D eigenvalue weighted by molar-refractivity contribution is 5.70. The zero-order valence-corrected chi connectivity index (χ0v) is 12.2. The van der Waals surface area contributed by atoms with Crippen molar-refractivity contribution in [3.05, 3.63) is 24.3 Å². The molecule has 0 fully saturated rings. The standard InChI is InChI=1S/C14H21NO5/c1-10(14(18-3)19-4)15-11-5-7-12(8-6-11)20-9-13(16)17-2/h5-8,10,14-15H,9H2,1-4H3. The van der Waals surface area contributed by atoms with Gasteiger partial charge in [0.05, 0.1) is 13.2 Å². The van der Waals surface area contributed by atoms with Crippen LogP contribution in [0.25, 0.3) is 0 Å². The van der Waals surface area contributed by atoms with Crippen LogP contribution >= 0.6 is 0 Å². The number of carbonyl (C=O) groups excluding carboxylic acids is 1. The fraction of sp³-hybridized carbons (Fsp3) is 0.500. The van der Waals surface area contributed by atoms with Crippen molar-refractivity contribution in [1.82, 2.24) is 0 Å². The van der Waals surface area contributed by atoms with Gasteiger partial charge in [-0.25, -0.2) is 4.79 Å². The molecule has 0 aliphatic rings. The molecule has 0 aromatic heterocycles. The quantitative estimate of drug-likeness (QED) is 0.578. The average molecular weight is 283 g/mol. The van der Waals surface area contributed by atoms with E-state index in [1.165, 1.54) is 7.11 Å². The Bertz CT molecular complexity index is 403. The highest BCUT2D eigenvalue weighted by Crippen LogP contribution is 2.17. The summed E-state index contributed by atoms with van der Waals surface area (Å²) in [5, 5.41) is 3.25. The molecule has 6 nitrogen and oxygen atoms in total. The summed E-state index contributed by atoms with van der Waals surface area (Å²) in [6.45, 7) is 1.86. The molecule has 0 aliphatic heterocycles. The third kappa shape index (κ3) is 5.07. The fourth-order valence-corrected chi connectivity index (χ4v) is 1.68. The maximum Gasteiger partial charge on any atom is 0.343 e. The van der Waals surface area contributed by atoms with Gasteiger partial charge in [-0.05, 0) is 31.2 Å². The molecular weight excluding hydrogens is 262 g/mol. The van der Waals surface area contributed by atoms with Gasteiger partial charge in [-0.1, -0.05) is 0 Å². The summed E-state index contributed by atoms with van der Waals surface area (Å²) < 4.78 is 20.1. The van der Waals surface area contributed by atoms with Gasteiger partial charge in [-0.3, -0.25) is 0 Å². The Labute approximate surface area is 119 Å². The number of rotatable bonds is 8. The van der Waals surface area contributed by atoms with Crippen molar-refractivity contribution in [2.45, 2.75) is 19.3 Å². The number of carbonyl (C=O) groups is 1. The number of esters is 1. The second kappa shape index (κ2) is 8.39. The lowest BCUT2D eigenvalue weighted by Crippen LogP contribution is -2.33. The van der Waals surface area contributed by atoms with E-state index in [9.17, 15) is 4.79 Å². The molecule has 0 spiro atoms. The van der Waals surface area contributed by atoms with Crippen molar-refractivity contribution in [1.29, 1.82) is 0 Å². The molecule has 1 aromatic rings. The van der Waals surface area contributed by atoms with Gasteiger partial charge in [0, 0.05) is 19.9 Å². The second-order valence-corrected chi connectivity index (χ2v) is 4.16. The SMILES string of the molecule is COC(=O)COc1ccc(NC(C)C(OC)OC)cc1. The summed E-state index contributed by atoms with van der Waals surface area (Å²) in [5.41, 5.74) is 0.905. The van der Waals surface area contributed by atoms with Crippen LogP contribution < -0.4 is 10.1 Å². The van der Waals surface area contributed by atoms with Crippen molar-refractivity contribution < 1.29 is 23.7 Å². The van der Waals surface area contributed by atoms with Crippen molar-refractivity contribution >= 4 is 11.7 Å².